The summed E-state index contributed by atoms with van der Waals surface area (Å²) in [6, 6.07) is 5.77. The van der Waals surface area contributed by atoms with Crippen molar-refractivity contribution in [2.75, 3.05) is 53.0 Å². The van der Waals surface area contributed by atoms with Crippen LogP contribution in [0.4, 0.5) is 0 Å². The number of nitrogens with one attached hydrogen (secondary N) is 1. The van der Waals surface area contributed by atoms with Crippen molar-refractivity contribution in [3.8, 4) is 5.75 Å². The Balaban J connectivity index is 1.73. The number of benzene rings is 1. The lowest BCUT2D eigenvalue weighted by molar-refractivity contribution is 0.0823. The van der Waals surface area contributed by atoms with Gasteiger partial charge in [0.25, 0.3) is 0 Å². The quantitative estimate of drug-likeness (QED) is 0.781. The van der Waals surface area contributed by atoms with E-state index in [1.165, 1.54) is 0 Å². The molecule has 2 N–H and O–H groups in total. The highest BCUT2D eigenvalue weighted by Gasteiger charge is 2.22. The average molecular weight is 331 g/mol. The number of methoxy groups -OCH3 is 1. The summed E-state index contributed by atoms with van der Waals surface area (Å²) in [4.78, 5) is 20.6. The lowest BCUT2D eigenvalue weighted by Crippen LogP contribution is -2.48. The maximum Gasteiger partial charge on any atom is 0.179 e. The summed E-state index contributed by atoms with van der Waals surface area (Å²) >= 11 is 0. The van der Waals surface area contributed by atoms with Crippen LogP contribution in [-0.2, 0) is 0 Å². The summed E-state index contributed by atoms with van der Waals surface area (Å²) in [5.41, 5.74) is 2.63. The van der Waals surface area contributed by atoms with Crippen molar-refractivity contribution >= 4 is 16.7 Å². The molecule has 0 saturated carbocycles. The van der Waals surface area contributed by atoms with Crippen molar-refractivity contribution in [1.29, 1.82) is 0 Å². The minimum Gasteiger partial charge on any atom is -0.497 e. The van der Waals surface area contributed by atoms with Gasteiger partial charge in [0.1, 0.15) is 5.75 Å². The molecular formula is C18H25N3O3. The molecule has 0 bridgehead atoms. The third kappa shape index (κ3) is 3.45. The number of aliphatic hydroxyl groups excluding tert-OH is 1. The maximum absolute atomic E-state index is 12.9. The SMILES string of the molecule is COc1ccc2[nH]c(C)c(C(=O)CN3CCN(CCO)CC3)c2c1. The van der Waals surface area contributed by atoms with Gasteiger partial charge in [-0.1, -0.05) is 0 Å². The predicted octanol–water partition coefficient (Wildman–Crippen LogP) is 1.28. The zero-order valence-corrected chi connectivity index (χ0v) is 14.3. The molecule has 0 unspecified atom stereocenters. The van der Waals surface area contributed by atoms with Crippen molar-refractivity contribution in [3.05, 3.63) is 29.5 Å². The van der Waals surface area contributed by atoms with Gasteiger partial charge in [0.05, 0.1) is 20.3 Å². The Morgan fingerprint density at radius 3 is 2.62 bits per heavy atom. The van der Waals surface area contributed by atoms with E-state index < -0.39 is 0 Å². The number of H-pyrrole nitrogens is 1. The Morgan fingerprint density at radius 2 is 1.96 bits per heavy atom. The predicted molar refractivity (Wildman–Crippen MR) is 93.9 cm³/mol. The molecule has 0 aliphatic carbocycles. The summed E-state index contributed by atoms with van der Waals surface area (Å²) in [6.07, 6.45) is 0. The fourth-order valence-electron chi connectivity index (χ4n) is 3.39. The number of ether oxygens (including phenoxy) is 1. The van der Waals surface area contributed by atoms with Crippen LogP contribution in [0.5, 0.6) is 5.75 Å². The largest absolute Gasteiger partial charge is 0.497 e. The number of Topliss-reactive ketones (excluding diaryl/α,β-unsaturated/α-hetero) is 1. The molecule has 2 heterocycles. The standard InChI is InChI=1S/C18H25N3O3/c1-13-18(15-11-14(24-2)3-4-16(15)19-13)17(23)12-21-7-5-20(6-8-21)9-10-22/h3-4,11,19,22H,5-10,12H2,1-2H3. The molecular weight excluding hydrogens is 306 g/mol. The van der Waals surface area contributed by atoms with Crippen LogP contribution in [0.25, 0.3) is 10.9 Å². The van der Waals surface area contributed by atoms with Gasteiger partial charge in [0.15, 0.2) is 5.78 Å². The second kappa shape index (κ2) is 7.34. The summed E-state index contributed by atoms with van der Waals surface area (Å²) in [7, 11) is 1.63. The second-order valence-corrected chi connectivity index (χ2v) is 6.30. The molecule has 1 aliphatic rings. The van der Waals surface area contributed by atoms with E-state index in [1.807, 2.05) is 25.1 Å². The maximum atomic E-state index is 12.9. The van der Waals surface area contributed by atoms with Crippen LogP contribution in [0.1, 0.15) is 16.1 Å². The van der Waals surface area contributed by atoms with Gasteiger partial charge in [-0.15, -0.1) is 0 Å². The fraction of sp³-hybridized carbons (Fsp3) is 0.500. The molecule has 0 radical (unpaired) electrons. The van der Waals surface area contributed by atoms with E-state index in [-0.39, 0.29) is 12.4 Å². The van der Waals surface area contributed by atoms with Crippen LogP contribution in [-0.4, -0.2) is 78.7 Å². The number of aromatic amines is 1. The second-order valence-electron chi connectivity index (χ2n) is 6.30. The van der Waals surface area contributed by atoms with Crippen molar-refractivity contribution in [3.63, 3.8) is 0 Å². The number of piperazine rings is 1. The minimum atomic E-state index is 0.141. The molecule has 1 fully saturated rings. The van der Waals surface area contributed by atoms with E-state index in [9.17, 15) is 4.79 Å². The van der Waals surface area contributed by atoms with Crippen LogP contribution in [0.3, 0.4) is 0 Å². The molecule has 1 saturated heterocycles. The summed E-state index contributed by atoms with van der Waals surface area (Å²) in [6.45, 7) is 6.78. The third-order valence-corrected chi connectivity index (χ3v) is 4.72. The first-order chi connectivity index (χ1) is 11.6. The first-order valence-electron chi connectivity index (χ1n) is 8.37. The molecule has 24 heavy (non-hydrogen) atoms. The molecule has 2 aromatic rings. The zero-order chi connectivity index (χ0) is 17.1. The molecule has 130 valence electrons. The summed E-state index contributed by atoms with van der Waals surface area (Å²) in [5.74, 6) is 0.899. The molecule has 1 aromatic carbocycles. The number of fused-ring (bicyclic) bond motifs is 1. The van der Waals surface area contributed by atoms with E-state index in [4.69, 9.17) is 9.84 Å². The van der Waals surface area contributed by atoms with Gasteiger partial charge in [-0.2, -0.15) is 0 Å². The van der Waals surface area contributed by atoms with Gasteiger partial charge in [-0.3, -0.25) is 14.6 Å². The number of aromatic nitrogens is 1. The van der Waals surface area contributed by atoms with E-state index >= 15 is 0 Å². The van der Waals surface area contributed by atoms with Crippen LogP contribution < -0.4 is 4.74 Å². The monoisotopic (exact) mass is 331 g/mol. The Hall–Kier alpha value is -1.89. The first-order valence-corrected chi connectivity index (χ1v) is 8.37. The number of β-amino-alcohol motifs (C(OH)–C–C–N with tert-alkyl or cyclic N) is 1. The lowest BCUT2D eigenvalue weighted by atomic mass is 10.1. The Bertz CT molecular complexity index is 718. The molecule has 3 rings (SSSR count). The van der Waals surface area contributed by atoms with E-state index in [2.05, 4.69) is 14.8 Å². The van der Waals surface area contributed by atoms with Gasteiger partial charge in [0.2, 0.25) is 0 Å². The van der Waals surface area contributed by atoms with Crippen LogP contribution >= 0.6 is 0 Å². The van der Waals surface area contributed by atoms with Gasteiger partial charge in [0, 0.05) is 54.9 Å². The van der Waals surface area contributed by atoms with Crippen molar-refractivity contribution in [1.82, 2.24) is 14.8 Å². The Morgan fingerprint density at radius 1 is 1.25 bits per heavy atom. The van der Waals surface area contributed by atoms with Crippen molar-refractivity contribution in [2.24, 2.45) is 0 Å². The number of hydrogen-bond acceptors (Lipinski definition) is 5. The Kier molecular flexibility index (Phi) is 5.18. The highest BCUT2D eigenvalue weighted by atomic mass is 16.5. The van der Waals surface area contributed by atoms with Crippen molar-refractivity contribution < 1.29 is 14.6 Å². The lowest BCUT2D eigenvalue weighted by Gasteiger charge is -2.33. The highest BCUT2D eigenvalue weighted by Crippen LogP contribution is 2.27. The number of nitrogens with zero attached hydrogens (tertiary/aromatic N) is 2. The Labute approximate surface area is 142 Å². The fourth-order valence-corrected chi connectivity index (χ4v) is 3.39. The number of ketones is 1. The van der Waals surface area contributed by atoms with Crippen LogP contribution in [0.15, 0.2) is 18.2 Å². The number of hydrogen-bond donors (Lipinski definition) is 2. The molecule has 1 aliphatic heterocycles. The highest BCUT2D eigenvalue weighted by molar-refractivity contribution is 6.10. The minimum absolute atomic E-state index is 0.141. The van der Waals surface area contributed by atoms with Crippen LogP contribution in [0.2, 0.25) is 0 Å². The molecule has 1 aromatic heterocycles. The molecule has 0 amide bonds. The van der Waals surface area contributed by atoms with E-state index in [1.54, 1.807) is 7.11 Å². The number of aliphatic hydroxyl groups is 1. The van der Waals surface area contributed by atoms with Crippen LogP contribution in [0, 0.1) is 6.92 Å². The average Bonchev–Trinajstić information content (AvgIpc) is 2.91. The van der Waals surface area contributed by atoms with Gasteiger partial charge < -0.3 is 14.8 Å². The van der Waals surface area contributed by atoms with Crippen molar-refractivity contribution in [2.45, 2.75) is 6.92 Å². The smallest absolute Gasteiger partial charge is 0.179 e. The number of carbonyl (C=O) groups is 1. The van der Waals surface area contributed by atoms with E-state index in [0.29, 0.717) is 13.1 Å². The summed E-state index contributed by atoms with van der Waals surface area (Å²) in [5, 5.41) is 9.93. The zero-order valence-electron chi connectivity index (χ0n) is 14.3. The topological polar surface area (TPSA) is 68.8 Å². The number of rotatable bonds is 6. The van der Waals surface area contributed by atoms with Gasteiger partial charge >= 0.3 is 0 Å². The van der Waals surface area contributed by atoms with Gasteiger partial charge in [-0.25, -0.2) is 0 Å². The molecule has 6 heteroatoms. The molecule has 0 spiro atoms. The van der Waals surface area contributed by atoms with E-state index in [0.717, 1.165) is 54.1 Å². The number of carbonyl (C=O) groups excluding carboxylic acids is 1. The summed E-state index contributed by atoms with van der Waals surface area (Å²) < 4.78 is 5.29. The number of aryl methyl sites for hydroxylation is 1. The first kappa shape index (κ1) is 17.0. The molecule has 0 atom stereocenters. The van der Waals surface area contributed by atoms with Gasteiger partial charge in [-0.05, 0) is 25.1 Å². The normalized spacial score (nSPS) is 16.6. The molecule has 6 nitrogen and oxygen atoms in total. The third-order valence-electron chi connectivity index (χ3n) is 4.72.